The summed E-state index contributed by atoms with van der Waals surface area (Å²) in [6.07, 6.45) is 0.351. The third-order valence-corrected chi connectivity index (χ3v) is 3.95. The van der Waals surface area contributed by atoms with Crippen LogP contribution >= 0.6 is 27.5 Å². The molecule has 0 spiro atoms. The first-order chi connectivity index (χ1) is 10.0. The van der Waals surface area contributed by atoms with E-state index in [1.165, 1.54) is 18.2 Å². The van der Waals surface area contributed by atoms with Crippen molar-refractivity contribution in [2.45, 2.75) is 19.4 Å². The van der Waals surface area contributed by atoms with Crippen molar-refractivity contribution in [3.63, 3.8) is 0 Å². The smallest absolute Gasteiger partial charge is 0.128 e. The molecule has 5 heteroatoms. The van der Waals surface area contributed by atoms with E-state index in [0.29, 0.717) is 33.6 Å². The molecule has 0 saturated heterocycles. The largest absolute Gasteiger partial charge is 0.310 e. The number of hydrogen-bond donors (Lipinski definition) is 1. The SMILES string of the molecule is CCNC(Cc1ccc(Br)cc1F)c1cc(Cl)ccc1F. The molecule has 21 heavy (non-hydrogen) atoms. The van der Waals surface area contributed by atoms with Crippen LogP contribution in [0.15, 0.2) is 40.9 Å². The molecule has 0 aromatic heterocycles. The van der Waals surface area contributed by atoms with Crippen LogP contribution in [0, 0.1) is 11.6 Å². The second kappa shape index (κ2) is 7.34. The van der Waals surface area contributed by atoms with E-state index in [0.717, 1.165) is 0 Å². The van der Waals surface area contributed by atoms with Crippen LogP contribution in [0.5, 0.6) is 0 Å². The van der Waals surface area contributed by atoms with Gasteiger partial charge in [-0.25, -0.2) is 8.78 Å². The van der Waals surface area contributed by atoms with Gasteiger partial charge < -0.3 is 5.32 Å². The normalized spacial score (nSPS) is 12.4. The van der Waals surface area contributed by atoms with Crippen molar-refractivity contribution in [2.75, 3.05) is 6.54 Å². The van der Waals surface area contributed by atoms with Crippen molar-refractivity contribution in [2.24, 2.45) is 0 Å². The maximum atomic E-state index is 14.0. The molecule has 0 aliphatic heterocycles. The van der Waals surface area contributed by atoms with Crippen LogP contribution in [0.2, 0.25) is 5.02 Å². The van der Waals surface area contributed by atoms with Crippen LogP contribution in [-0.4, -0.2) is 6.54 Å². The molecule has 2 aromatic carbocycles. The minimum absolute atomic E-state index is 0.310. The summed E-state index contributed by atoms with van der Waals surface area (Å²) in [7, 11) is 0. The number of rotatable bonds is 5. The molecule has 1 atom stereocenters. The quantitative estimate of drug-likeness (QED) is 0.751. The highest BCUT2D eigenvalue weighted by atomic mass is 79.9. The summed E-state index contributed by atoms with van der Waals surface area (Å²) in [4.78, 5) is 0. The average Bonchev–Trinajstić information content (AvgIpc) is 2.44. The molecule has 1 nitrogen and oxygen atoms in total. The van der Waals surface area contributed by atoms with Gasteiger partial charge in [0.25, 0.3) is 0 Å². The summed E-state index contributed by atoms with van der Waals surface area (Å²) in [5.74, 6) is -0.655. The molecule has 2 aromatic rings. The molecule has 1 N–H and O–H groups in total. The van der Waals surface area contributed by atoms with Crippen LogP contribution in [0.25, 0.3) is 0 Å². The van der Waals surface area contributed by atoms with Crippen LogP contribution in [0.3, 0.4) is 0 Å². The van der Waals surface area contributed by atoms with E-state index < -0.39 is 0 Å². The zero-order valence-electron chi connectivity index (χ0n) is 11.5. The van der Waals surface area contributed by atoms with Crippen molar-refractivity contribution in [3.8, 4) is 0 Å². The number of likely N-dealkylation sites (N-methyl/N-ethyl adjacent to an activating group) is 1. The van der Waals surface area contributed by atoms with Gasteiger partial charge in [-0.05, 0) is 48.9 Å². The van der Waals surface area contributed by atoms with Crippen LogP contribution < -0.4 is 5.32 Å². The zero-order valence-corrected chi connectivity index (χ0v) is 13.8. The maximum Gasteiger partial charge on any atom is 0.128 e. The zero-order chi connectivity index (χ0) is 15.4. The second-order valence-electron chi connectivity index (χ2n) is 4.72. The number of nitrogens with one attached hydrogen (secondary N) is 1. The fraction of sp³-hybridized carbons (Fsp3) is 0.250. The highest BCUT2D eigenvalue weighted by Crippen LogP contribution is 2.26. The molecule has 0 bridgehead atoms. The van der Waals surface area contributed by atoms with Gasteiger partial charge in [-0.1, -0.05) is 40.5 Å². The third-order valence-electron chi connectivity index (χ3n) is 3.22. The van der Waals surface area contributed by atoms with Gasteiger partial charge in [0.1, 0.15) is 11.6 Å². The van der Waals surface area contributed by atoms with Gasteiger partial charge in [-0.15, -0.1) is 0 Å². The van der Waals surface area contributed by atoms with E-state index in [9.17, 15) is 8.78 Å². The maximum absolute atomic E-state index is 14.0. The Labute approximate surface area is 136 Å². The summed E-state index contributed by atoms with van der Waals surface area (Å²) in [5, 5.41) is 3.64. The fourth-order valence-electron chi connectivity index (χ4n) is 2.23. The summed E-state index contributed by atoms with van der Waals surface area (Å²) in [5.41, 5.74) is 0.982. The molecule has 0 radical (unpaired) electrons. The third kappa shape index (κ3) is 4.25. The summed E-state index contributed by atoms with van der Waals surface area (Å²) in [6.45, 7) is 2.57. The van der Waals surface area contributed by atoms with Gasteiger partial charge in [0.15, 0.2) is 0 Å². The number of benzene rings is 2. The lowest BCUT2D eigenvalue weighted by molar-refractivity contribution is 0.498. The molecular weight excluding hydrogens is 360 g/mol. The van der Waals surface area contributed by atoms with Gasteiger partial charge >= 0.3 is 0 Å². The van der Waals surface area contributed by atoms with Crippen LogP contribution in [0.1, 0.15) is 24.1 Å². The molecule has 112 valence electrons. The van der Waals surface area contributed by atoms with E-state index in [-0.39, 0.29) is 17.7 Å². The molecule has 2 rings (SSSR count). The first kappa shape index (κ1) is 16.4. The van der Waals surface area contributed by atoms with Gasteiger partial charge in [0, 0.05) is 21.1 Å². The monoisotopic (exact) mass is 373 g/mol. The second-order valence-corrected chi connectivity index (χ2v) is 6.07. The molecule has 0 aliphatic rings. The van der Waals surface area contributed by atoms with Gasteiger partial charge in [0.05, 0.1) is 0 Å². The number of hydrogen-bond acceptors (Lipinski definition) is 1. The Morgan fingerprint density at radius 1 is 1.14 bits per heavy atom. The molecule has 0 amide bonds. The van der Waals surface area contributed by atoms with Crippen molar-refractivity contribution >= 4 is 27.5 Å². The lowest BCUT2D eigenvalue weighted by atomic mass is 9.98. The highest BCUT2D eigenvalue weighted by Gasteiger charge is 2.18. The molecule has 0 saturated carbocycles. The Bertz CT molecular complexity index is 634. The summed E-state index contributed by atoms with van der Waals surface area (Å²) < 4.78 is 28.7. The standard InChI is InChI=1S/C16H15BrClF2N/c1-2-21-16(13-9-12(18)5-6-14(13)19)7-10-3-4-11(17)8-15(10)20/h3-6,8-9,16,21H,2,7H2,1H3. The molecule has 1 unspecified atom stereocenters. The lowest BCUT2D eigenvalue weighted by Crippen LogP contribution is -2.24. The lowest BCUT2D eigenvalue weighted by Gasteiger charge is -2.20. The average molecular weight is 375 g/mol. The van der Waals surface area contributed by atoms with E-state index in [1.807, 2.05) is 6.92 Å². The summed E-state index contributed by atoms with van der Waals surface area (Å²) in [6, 6.07) is 8.98. The first-order valence-corrected chi connectivity index (χ1v) is 7.80. The predicted octanol–water partition coefficient (Wildman–Crippen LogP) is 5.27. The molecule has 0 aliphatic carbocycles. The minimum Gasteiger partial charge on any atom is -0.310 e. The topological polar surface area (TPSA) is 12.0 Å². The van der Waals surface area contributed by atoms with Gasteiger partial charge in [-0.2, -0.15) is 0 Å². The summed E-state index contributed by atoms with van der Waals surface area (Å²) >= 11 is 9.17. The predicted molar refractivity (Wildman–Crippen MR) is 85.6 cm³/mol. The van der Waals surface area contributed by atoms with Gasteiger partial charge in [0.2, 0.25) is 0 Å². The van der Waals surface area contributed by atoms with Gasteiger partial charge in [-0.3, -0.25) is 0 Å². The van der Waals surface area contributed by atoms with Crippen molar-refractivity contribution in [1.82, 2.24) is 5.32 Å². The van der Waals surface area contributed by atoms with E-state index >= 15 is 0 Å². The van der Waals surface area contributed by atoms with E-state index in [4.69, 9.17) is 11.6 Å². The Hall–Kier alpha value is -0.970. The Balaban J connectivity index is 2.32. The van der Waals surface area contributed by atoms with E-state index in [1.54, 1.807) is 18.2 Å². The van der Waals surface area contributed by atoms with Crippen molar-refractivity contribution in [3.05, 3.63) is 68.7 Å². The molecule has 0 fully saturated rings. The van der Waals surface area contributed by atoms with Crippen LogP contribution in [0.4, 0.5) is 8.78 Å². The van der Waals surface area contributed by atoms with Crippen molar-refractivity contribution in [1.29, 1.82) is 0 Å². The van der Waals surface area contributed by atoms with Crippen molar-refractivity contribution < 1.29 is 8.78 Å². The Morgan fingerprint density at radius 3 is 2.57 bits per heavy atom. The number of halogens is 4. The Kier molecular flexibility index (Phi) is 5.73. The van der Waals surface area contributed by atoms with Crippen LogP contribution in [-0.2, 0) is 6.42 Å². The Morgan fingerprint density at radius 2 is 1.90 bits per heavy atom. The molecule has 0 heterocycles. The van der Waals surface area contributed by atoms with E-state index in [2.05, 4.69) is 21.2 Å². The molecular formula is C16H15BrClF2N. The first-order valence-electron chi connectivity index (χ1n) is 6.63. The minimum atomic E-state index is -0.345. The highest BCUT2D eigenvalue weighted by molar-refractivity contribution is 9.10. The fourth-order valence-corrected chi connectivity index (χ4v) is 2.74.